The minimum absolute atomic E-state index is 0.178. The number of carbonyl (C=O) groups excluding carboxylic acids is 1. The van der Waals surface area contributed by atoms with Gasteiger partial charge in [-0.15, -0.1) is 0 Å². The van der Waals surface area contributed by atoms with Gasteiger partial charge >= 0.3 is 0 Å². The van der Waals surface area contributed by atoms with Crippen LogP contribution in [0.2, 0.25) is 0 Å². The number of nitrogens with one attached hydrogen (secondary N) is 1. The molecule has 1 saturated heterocycles. The van der Waals surface area contributed by atoms with Gasteiger partial charge in [0.2, 0.25) is 0 Å². The van der Waals surface area contributed by atoms with Crippen LogP contribution in [0.25, 0.3) is 0 Å². The topological polar surface area (TPSA) is 32.3 Å². The molecule has 1 spiro atoms. The molecule has 2 aliphatic heterocycles. The highest BCUT2D eigenvalue weighted by molar-refractivity contribution is 5.90. The molecule has 3 nitrogen and oxygen atoms in total. The molecule has 0 aromatic rings. The monoisotopic (exact) mass is 266 g/mol. The van der Waals surface area contributed by atoms with E-state index < -0.39 is 0 Å². The maximum Gasteiger partial charge on any atom is 0.160 e. The minimum atomic E-state index is -0.303. The van der Waals surface area contributed by atoms with Gasteiger partial charge in [0, 0.05) is 19.2 Å². The Morgan fingerprint density at radius 2 is 2.25 bits per heavy atom. The van der Waals surface area contributed by atoms with Crippen LogP contribution in [-0.2, 0) is 4.79 Å². The third-order valence-electron chi connectivity index (χ3n) is 4.91. The first-order valence-electron chi connectivity index (χ1n) is 7.19. The van der Waals surface area contributed by atoms with Crippen molar-refractivity contribution in [3.63, 3.8) is 0 Å². The second kappa shape index (κ2) is 3.98. The largest absolute Gasteiger partial charge is 0.380 e. The van der Waals surface area contributed by atoms with Gasteiger partial charge in [-0.1, -0.05) is 36.5 Å². The van der Waals surface area contributed by atoms with E-state index in [0.717, 1.165) is 6.42 Å². The van der Waals surface area contributed by atoms with Crippen molar-refractivity contribution in [2.24, 2.45) is 5.41 Å². The summed E-state index contributed by atoms with van der Waals surface area (Å²) in [4.78, 5) is 14.8. The molecule has 0 aromatic heterocycles. The van der Waals surface area contributed by atoms with Gasteiger partial charge in [-0.05, 0) is 24.3 Å². The van der Waals surface area contributed by atoms with Crippen LogP contribution < -0.4 is 5.32 Å². The number of ketones is 1. The summed E-state index contributed by atoms with van der Waals surface area (Å²) < 4.78 is 0. The lowest BCUT2D eigenvalue weighted by Crippen LogP contribution is -2.50. The first kappa shape index (κ1) is 11.8. The highest BCUT2D eigenvalue weighted by atomic mass is 16.1. The molecule has 20 heavy (non-hydrogen) atoms. The number of allylic oxidation sites excluding steroid dienone is 5. The Labute approximate surface area is 119 Å². The Bertz CT molecular complexity index is 619. The standard InChI is InChI=1S/C17H18N2O/c1-19-13-7-3-2-6-12(13)17-10-4-5-11-18-16(17)14(20)8-9-15(17)19/h3-7,9-11,13,16,18H,2,8H2,1H3. The summed E-state index contributed by atoms with van der Waals surface area (Å²) in [5, 5.41) is 3.32. The van der Waals surface area contributed by atoms with Crippen LogP contribution >= 0.6 is 0 Å². The van der Waals surface area contributed by atoms with E-state index in [2.05, 4.69) is 53.7 Å². The van der Waals surface area contributed by atoms with E-state index in [1.807, 2.05) is 12.3 Å². The van der Waals surface area contributed by atoms with Crippen LogP contribution in [0.15, 0.2) is 60.0 Å². The predicted octanol–water partition coefficient (Wildman–Crippen LogP) is 2.07. The number of nitrogens with zero attached hydrogens (tertiary/aromatic N) is 1. The lowest BCUT2D eigenvalue weighted by Gasteiger charge is -2.39. The third-order valence-corrected chi connectivity index (χ3v) is 4.91. The van der Waals surface area contributed by atoms with Crippen LogP contribution in [0.5, 0.6) is 0 Å². The Morgan fingerprint density at radius 1 is 1.35 bits per heavy atom. The fourth-order valence-corrected chi connectivity index (χ4v) is 4.08. The Kier molecular flexibility index (Phi) is 2.34. The van der Waals surface area contributed by atoms with E-state index in [1.54, 1.807) is 0 Å². The van der Waals surface area contributed by atoms with E-state index in [4.69, 9.17) is 0 Å². The molecular formula is C17H18N2O. The number of hydrogen-bond donors (Lipinski definition) is 1. The fourth-order valence-electron chi connectivity index (χ4n) is 4.08. The van der Waals surface area contributed by atoms with Crippen molar-refractivity contribution in [2.75, 3.05) is 7.05 Å². The third kappa shape index (κ3) is 1.28. The Hall–Kier alpha value is -2.03. The lowest BCUT2D eigenvalue weighted by molar-refractivity contribution is -0.122. The molecule has 0 amide bonds. The molecule has 2 heterocycles. The zero-order chi connectivity index (χ0) is 13.7. The van der Waals surface area contributed by atoms with Crippen LogP contribution in [0.1, 0.15) is 12.8 Å². The number of likely N-dealkylation sites (N-methyl/N-ethyl adjacent to an activating group) is 1. The van der Waals surface area contributed by atoms with Crippen molar-refractivity contribution < 1.29 is 4.79 Å². The van der Waals surface area contributed by atoms with Gasteiger partial charge in [-0.2, -0.15) is 0 Å². The van der Waals surface area contributed by atoms with E-state index >= 15 is 0 Å². The average molecular weight is 266 g/mol. The van der Waals surface area contributed by atoms with Crippen LogP contribution in [0.4, 0.5) is 0 Å². The normalized spacial score (nSPS) is 37.5. The summed E-state index contributed by atoms with van der Waals surface area (Å²) in [5.74, 6) is 0.273. The van der Waals surface area contributed by atoms with Gasteiger partial charge in [0.1, 0.15) is 6.04 Å². The number of rotatable bonds is 0. The van der Waals surface area contributed by atoms with Gasteiger partial charge in [-0.3, -0.25) is 4.79 Å². The van der Waals surface area contributed by atoms with Gasteiger partial charge in [0.25, 0.3) is 0 Å². The summed E-state index contributed by atoms with van der Waals surface area (Å²) in [6, 6.07) is 0.107. The number of Topliss-reactive ketones (excluding diaryl/α,β-unsaturated/α-hetero) is 1. The van der Waals surface area contributed by atoms with Crippen molar-refractivity contribution >= 4 is 5.78 Å². The molecule has 0 aromatic carbocycles. The molecule has 3 unspecified atom stereocenters. The fraction of sp³-hybridized carbons (Fsp3) is 0.353. The summed E-state index contributed by atoms with van der Waals surface area (Å²) in [6.07, 6.45) is 18.5. The summed E-state index contributed by atoms with van der Waals surface area (Å²) in [7, 11) is 2.13. The van der Waals surface area contributed by atoms with Crippen molar-refractivity contribution in [3.05, 3.63) is 60.0 Å². The second-order valence-electron chi connectivity index (χ2n) is 5.83. The summed E-state index contributed by atoms with van der Waals surface area (Å²) >= 11 is 0. The molecule has 0 bridgehead atoms. The number of carbonyl (C=O) groups is 1. The summed E-state index contributed by atoms with van der Waals surface area (Å²) in [5.41, 5.74) is 2.31. The molecular weight excluding hydrogens is 248 g/mol. The van der Waals surface area contributed by atoms with Gasteiger partial charge in [0.05, 0.1) is 11.5 Å². The molecule has 4 aliphatic rings. The molecule has 2 aliphatic carbocycles. The first-order chi connectivity index (χ1) is 9.75. The first-order valence-corrected chi connectivity index (χ1v) is 7.19. The molecule has 1 N–H and O–H groups in total. The summed E-state index contributed by atoms with van der Waals surface area (Å²) in [6.45, 7) is 0. The maximum atomic E-state index is 12.5. The smallest absolute Gasteiger partial charge is 0.160 e. The van der Waals surface area contributed by atoms with Crippen LogP contribution in [-0.4, -0.2) is 29.8 Å². The van der Waals surface area contributed by atoms with Gasteiger partial charge in [-0.25, -0.2) is 0 Å². The molecule has 3 atom stereocenters. The minimum Gasteiger partial charge on any atom is -0.380 e. The number of likely N-dealkylation sites (tertiary alicyclic amines) is 1. The SMILES string of the molecule is CN1C2=CCC(=O)C3NC=CC=CC23C2=CCC=CC21. The Morgan fingerprint density at radius 3 is 3.15 bits per heavy atom. The van der Waals surface area contributed by atoms with Crippen molar-refractivity contribution in [3.8, 4) is 0 Å². The van der Waals surface area contributed by atoms with E-state index in [9.17, 15) is 4.79 Å². The maximum absolute atomic E-state index is 12.5. The van der Waals surface area contributed by atoms with E-state index in [1.165, 1.54) is 11.3 Å². The van der Waals surface area contributed by atoms with Crippen molar-refractivity contribution in [2.45, 2.75) is 24.9 Å². The predicted molar refractivity (Wildman–Crippen MR) is 78.7 cm³/mol. The number of hydrogen-bond acceptors (Lipinski definition) is 3. The molecule has 0 radical (unpaired) electrons. The highest BCUT2D eigenvalue weighted by Crippen LogP contribution is 2.54. The van der Waals surface area contributed by atoms with Gasteiger partial charge in [0.15, 0.2) is 5.78 Å². The quantitative estimate of drug-likeness (QED) is 0.681. The van der Waals surface area contributed by atoms with Crippen LogP contribution in [0, 0.1) is 5.41 Å². The highest BCUT2D eigenvalue weighted by Gasteiger charge is 2.56. The van der Waals surface area contributed by atoms with Crippen LogP contribution in [0.3, 0.4) is 0 Å². The average Bonchev–Trinajstić information content (AvgIpc) is 2.63. The number of fused-ring (bicyclic) bond motifs is 1. The van der Waals surface area contributed by atoms with Gasteiger partial charge < -0.3 is 10.2 Å². The van der Waals surface area contributed by atoms with E-state index in [-0.39, 0.29) is 23.3 Å². The van der Waals surface area contributed by atoms with Crippen molar-refractivity contribution in [1.29, 1.82) is 0 Å². The lowest BCUT2D eigenvalue weighted by atomic mass is 9.67. The second-order valence-corrected chi connectivity index (χ2v) is 5.83. The van der Waals surface area contributed by atoms with E-state index in [0.29, 0.717) is 6.42 Å². The molecule has 102 valence electrons. The molecule has 1 fully saturated rings. The van der Waals surface area contributed by atoms with Crippen molar-refractivity contribution in [1.82, 2.24) is 10.2 Å². The zero-order valence-electron chi connectivity index (χ0n) is 11.5. The zero-order valence-corrected chi connectivity index (χ0v) is 11.5. The molecule has 0 saturated carbocycles. The molecule has 3 heteroatoms. The Balaban J connectivity index is 1.97. The molecule has 4 rings (SSSR count).